The molecule has 1 unspecified atom stereocenters. The number of hydrogen-bond donors (Lipinski definition) is 1. The normalized spacial score (nSPS) is 16.8. The van der Waals surface area contributed by atoms with Gasteiger partial charge in [0.1, 0.15) is 0 Å². The van der Waals surface area contributed by atoms with Gasteiger partial charge < -0.3 is 14.7 Å². The molecule has 0 radical (unpaired) electrons. The second-order valence-corrected chi connectivity index (χ2v) is 9.50. The molecule has 0 fully saturated rings. The molecule has 0 spiro atoms. The van der Waals surface area contributed by atoms with Crippen molar-refractivity contribution in [2.45, 2.75) is 32.4 Å². The summed E-state index contributed by atoms with van der Waals surface area (Å²) in [7, 11) is 1.29. The number of amides is 1. The summed E-state index contributed by atoms with van der Waals surface area (Å²) in [5.41, 5.74) is 1.34. The Hall–Kier alpha value is -3.56. The number of ketones is 1. The third-order valence-electron chi connectivity index (χ3n) is 6.23. The van der Waals surface area contributed by atoms with Crippen LogP contribution in [0.1, 0.15) is 39.0 Å². The zero-order valence-corrected chi connectivity index (χ0v) is 21.0. The van der Waals surface area contributed by atoms with Crippen LogP contribution in [0.15, 0.2) is 59.1 Å². The largest absolute Gasteiger partial charge is 0.490 e. The van der Waals surface area contributed by atoms with Crippen LogP contribution in [0.4, 0.5) is 11.4 Å². The van der Waals surface area contributed by atoms with Gasteiger partial charge in [-0.15, -0.1) is 0 Å². The quantitative estimate of drug-likeness (QED) is 0.257. The topological polar surface area (TPSA) is 110 Å². The summed E-state index contributed by atoms with van der Waals surface area (Å²) in [6, 6.07) is 14.8. The average molecular weight is 539 g/mol. The molecule has 1 aliphatic heterocycles. The number of aliphatic hydroxyl groups is 1. The number of nitro groups is 1. The molecule has 1 aliphatic rings. The van der Waals surface area contributed by atoms with Crippen molar-refractivity contribution in [3.63, 3.8) is 0 Å². The Labute approximate surface area is 210 Å². The number of fused-ring (bicyclic) bond motifs is 1. The van der Waals surface area contributed by atoms with Gasteiger partial charge in [0.05, 0.1) is 30.7 Å². The number of halogens is 1. The lowest BCUT2D eigenvalue weighted by molar-refractivity contribution is -0.385. The molecule has 1 atom stereocenters. The fourth-order valence-electron chi connectivity index (χ4n) is 4.38. The van der Waals surface area contributed by atoms with Crippen LogP contribution in [-0.2, 0) is 16.9 Å². The molecule has 0 aliphatic carbocycles. The van der Waals surface area contributed by atoms with Crippen LogP contribution in [0.25, 0.3) is 0 Å². The predicted molar refractivity (Wildman–Crippen MR) is 134 cm³/mol. The van der Waals surface area contributed by atoms with E-state index in [1.807, 2.05) is 32.0 Å². The van der Waals surface area contributed by atoms with E-state index in [-0.39, 0.29) is 23.5 Å². The fraction of sp³-hybridized carbons (Fsp3) is 0.231. The van der Waals surface area contributed by atoms with E-state index in [1.54, 1.807) is 18.2 Å². The van der Waals surface area contributed by atoms with Crippen LogP contribution in [0.3, 0.4) is 0 Å². The maximum absolute atomic E-state index is 13.6. The summed E-state index contributed by atoms with van der Waals surface area (Å²) >= 11 is 3.38. The van der Waals surface area contributed by atoms with Gasteiger partial charge in [-0.05, 0) is 55.3 Å². The molecule has 9 heteroatoms. The van der Waals surface area contributed by atoms with Gasteiger partial charge in [0.15, 0.2) is 17.1 Å². The molecule has 1 N–H and O–H groups in total. The van der Waals surface area contributed by atoms with Crippen LogP contribution in [-0.4, -0.2) is 28.8 Å². The van der Waals surface area contributed by atoms with E-state index in [9.17, 15) is 24.8 Å². The maximum atomic E-state index is 13.6. The third-order valence-corrected chi connectivity index (χ3v) is 6.73. The Morgan fingerprint density at radius 1 is 1.14 bits per heavy atom. The van der Waals surface area contributed by atoms with Gasteiger partial charge in [-0.25, -0.2) is 0 Å². The van der Waals surface area contributed by atoms with Crippen LogP contribution >= 0.6 is 15.9 Å². The van der Waals surface area contributed by atoms with Crippen LogP contribution in [0.5, 0.6) is 5.75 Å². The molecular formula is C26H23BrN2O6. The van der Waals surface area contributed by atoms with Crippen molar-refractivity contribution < 1.29 is 24.4 Å². The lowest BCUT2D eigenvalue weighted by Gasteiger charge is -2.23. The Kier molecular flexibility index (Phi) is 6.48. The number of carbonyl (C=O) groups excluding carboxylic acids is 2. The number of Topliss-reactive ketones (excluding diaryl/α,β-unsaturated/α-hetero) is 1. The number of hydrogen-bond acceptors (Lipinski definition) is 6. The zero-order valence-electron chi connectivity index (χ0n) is 19.4. The molecule has 3 aromatic carbocycles. The van der Waals surface area contributed by atoms with Gasteiger partial charge in [0.2, 0.25) is 0 Å². The van der Waals surface area contributed by atoms with Crippen molar-refractivity contribution >= 4 is 39.0 Å². The first kappa shape index (κ1) is 24.6. The Balaban J connectivity index is 1.71. The van der Waals surface area contributed by atoms with E-state index in [4.69, 9.17) is 4.74 Å². The van der Waals surface area contributed by atoms with Crippen LogP contribution in [0, 0.1) is 24.0 Å². The number of carbonyl (C=O) groups is 2. The molecule has 0 saturated carbocycles. The highest BCUT2D eigenvalue weighted by molar-refractivity contribution is 9.10. The van der Waals surface area contributed by atoms with Crippen molar-refractivity contribution in [1.29, 1.82) is 0 Å². The minimum Gasteiger partial charge on any atom is -0.490 e. The molecule has 0 bridgehead atoms. The number of anilines is 1. The van der Waals surface area contributed by atoms with Gasteiger partial charge in [-0.1, -0.05) is 39.7 Å². The Bertz CT molecular complexity index is 1370. The van der Waals surface area contributed by atoms with Gasteiger partial charge >= 0.3 is 5.69 Å². The second kappa shape index (κ2) is 9.24. The summed E-state index contributed by atoms with van der Waals surface area (Å²) in [5.74, 6) is -1.22. The Morgan fingerprint density at radius 2 is 1.89 bits per heavy atom. The lowest BCUT2D eigenvalue weighted by Crippen LogP contribution is -2.41. The highest BCUT2D eigenvalue weighted by Crippen LogP contribution is 2.45. The molecule has 1 amide bonds. The van der Waals surface area contributed by atoms with Crippen molar-refractivity contribution in [3.05, 3.63) is 97.0 Å². The number of benzene rings is 3. The lowest BCUT2D eigenvalue weighted by atomic mass is 9.88. The molecule has 35 heavy (non-hydrogen) atoms. The fourth-order valence-corrected chi connectivity index (χ4v) is 4.75. The van der Waals surface area contributed by atoms with Crippen LogP contribution < -0.4 is 9.64 Å². The zero-order chi connectivity index (χ0) is 25.5. The van der Waals surface area contributed by atoms with Gasteiger partial charge in [0.25, 0.3) is 5.91 Å². The minimum absolute atomic E-state index is 0.00287. The molecule has 0 saturated heterocycles. The third kappa shape index (κ3) is 4.44. The molecule has 0 aromatic heterocycles. The van der Waals surface area contributed by atoms with E-state index in [0.717, 1.165) is 22.8 Å². The van der Waals surface area contributed by atoms with E-state index >= 15 is 0 Å². The molecule has 1 heterocycles. The number of aryl methyl sites for hydroxylation is 2. The van der Waals surface area contributed by atoms with E-state index in [1.165, 1.54) is 24.1 Å². The highest BCUT2D eigenvalue weighted by atomic mass is 79.9. The van der Waals surface area contributed by atoms with Gasteiger partial charge in [0, 0.05) is 21.7 Å². The van der Waals surface area contributed by atoms with Crippen molar-refractivity contribution in [2.24, 2.45) is 0 Å². The number of ether oxygens (including phenoxy) is 1. The minimum atomic E-state index is -2.12. The average Bonchev–Trinajstić information content (AvgIpc) is 3.01. The van der Waals surface area contributed by atoms with E-state index in [0.29, 0.717) is 15.7 Å². The molecule has 180 valence electrons. The van der Waals surface area contributed by atoms with Crippen molar-refractivity contribution in [3.8, 4) is 5.75 Å². The monoisotopic (exact) mass is 538 g/mol. The number of nitro benzene ring substituents is 1. The smallest absolute Gasteiger partial charge is 0.311 e. The molecule has 4 rings (SSSR count). The number of nitrogens with zero attached hydrogens (tertiary/aromatic N) is 2. The van der Waals surface area contributed by atoms with Gasteiger partial charge in [-0.3, -0.25) is 19.7 Å². The standard InChI is InChI=1S/C26H23BrN2O6/c1-15-4-5-18(16(2)10-15)14-28-21-8-7-19(27)12-20(21)26(32,25(28)31)13-23(30)17-6-9-24(35-3)22(11-17)29(33)34/h4-12,32H,13-14H2,1-3H3. The first-order valence-corrected chi connectivity index (χ1v) is 11.6. The summed E-state index contributed by atoms with van der Waals surface area (Å²) < 4.78 is 5.63. The summed E-state index contributed by atoms with van der Waals surface area (Å²) in [4.78, 5) is 39.0. The Morgan fingerprint density at radius 3 is 2.54 bits per heavy atom. The number of methoxy groups -OCH3 is 1. The van der Waals surface area contributed by atoms with Crippen molar-refractivity contribution in [2.75, 3.05) is 12.0 Å². The molecule has 8 nitrogen and oxygen atoms in total. The summed E-state index contributed by atoms with van der Waals surface area (Å²) in [5, 5.41) is 23.0. The van der Waals surface area contributed by atoms with E-state index < -0.39 is 28.6 Å². The van der Waals surface area contributed by atoms with Gasteiger partial charge in [-0.2, -0.15) is 0 Å². The molecule has 3 aromatic rings. The first-order chi connectivity index (χ1) is 16.5. The predicted octanol–water partition coefficient (Wildman–Crippen LogP) is 4.99. The first-order valence-electron chi connectivity index (χ1n) is 10.8. The summed E-state index contributed by atoms with van der Waals surface area (Å²) in [6.07, 6.45) is -0.567. The van der Waals surface area contributed by atoms with Crippen molar-refractivity contribution in [1.82, 2.24) is 0 Å². The van der Waals surface area contributed by atoms with Crippen LogP contribution in [0.2, 0.25) is 0 Å². The maximum Gasteiger partial charge on any atom is 0.311 e. The number of rotatable bonds is 7. The summed E-state index contributed by atoms with van der Waals surface area (Å²) in [6.45, 7) is 4.17. The molecular weight excluding hydrogens is 516 g/mol. The highest BCUT2D eigenvalue weighted by Gasteiger charge is 2.51. The second-order valence-electron chi connectivity index (χ2n) is 8.59. The SMILES string of the molecule is COc1ccc(C(=O)CC2(O)C(=O)N(Cc3ccc(C)cc3C)c3ccc(Br)cc32)cc1[N+](=O)[O-]. The van der Waals surface area contributed by atoms with E-state index in [2.05, 4.69) is 15.9 Å².